The van der Waals surface area contributed by atoms with E-state index in [0.29, 0.717) is 18.1 Å². The lowest BCUT2D eigenvalue weighted by atomic mass is 10.0. The molecule has 3 nitrogen and oxygen atoms in total. The third kappa shape index (κ3) is 2.40. The first kappa shape index (κ1) is 13.4. The molecule has 0 bridgehead atoms. The number of hydrogen-bond donors (Lipinski definition) is 1. The van der Waals surface area contributed by atoms with Crippen molar-refractivity contribution < 1.29 is 22.1 Å². The Morgan fingerprint density at radius 2 is 2.00 bits per heavy atom. The fourth-order valence-corrected chi connectivity index (χ4v) is 1.78. The van der Waals surface area contributed by atoms with Gasteiger partial charge in [-0.25, -0.2) is 4.39 Å². The molecule has 0 fully saturated rings. The van der Waals surface area contributed by atoms with Crippen LogP contribution in [0.3, 0.4) is 0 Å². The van der Waals surface area contributed by atoms with Crippen LogP contribution >= 0.6 is 0 Å². The van der Waals surface area contributed by atoms with Crippen LogP contribution in [0.2, 0.25) is 0 Å². The van der Waals surface area contributed by atoms with Crippen molar-refractivity contribution >= 4 is 5.88 Å². The van der Waals surface area contributed by atoms with Crippen LogP contribution in [0, 0.1) is 5.82 Å². The fourth-order valence-electron chi connectivity index (χ4n) is 1.78. The largest absolute Gasteiger partial charge is 0.419 e. The Morgan fingerprint density at radius 3 is 2.58 bits per heavy atom. The van der Waals surface area contributed by atoms with Gasteiger partial charge in [-0.1, -0.05) is 12.1 Å². The summed E-state index contributed by atoms with van der Waals surface area (Å²) in [7, 11) is 0. The molecule has 0 amide bonds. The van der Waals surface area contributed by atoms with Gasteiger partial charge in [-0.3, -0.25) is 0 Å². The summed E-state index contributed by atoms with van der Waals surface area (Å²) in [5, 5.41) is 3.62. The van der Waals surface area contributed by atoms with Gasteiger partial charge in [-0.2, -0.15) is 13.2 Å². The SMILES string of the molecule is CCc1c(-c2ccc(F)c(C(F)(F)F)c2)noc1N. The number of nitrogens with two attached hydrogens (primary N) is 1. The van der Waals surface area contributed by atoms with Gasteiger partial charge in [0, 0.05) is 11.1 Å². The average Bonchev–Trinajstić information content (AvgIpc) is 2.69. The van der Waals surface area contributed by atoms with Crippen LogP contribution in [-0.4, -0.2) is 5.16 Å². The molecule has 0 radical (unpaired) electrons. The van der Waals surface area contributed by atoms with Crippen LogP contribution in [0.1, 0.15) is 18.1 Å². The van der Waals surface area contributed by atoms with Crippen molar-refractivity contribution in [2.24, 2.45) is 0 Å². The maximum atomic E-state index is 13.2. The summed E-state index contributed by atoms with van der Waals surface area (Å²) in [4.78, 5) is 0. The maximum Gasteiger partial charge on any atom is 0.419 e. The summed E-state index contributed by atoms with van der Waals surface area (Å²) >= 11 is 0. The summed E-state index contributed by atoms with van der Waals surface area (Å²) < 4.78 is 55.8. The van der Waals surface area contributed by atoms with Crippen molar-refractivity contribution in [3.8, 4) is 11.3 Å². The summed E-state index contributed by atoms with van der Waals surface area (Å²) in [5.41, 5.74) is 4.99. The van der Waals surface area contributed by atoms with E-state index in [0.717, 1.165) is 6.07 Å². The van der Waals surface area contributed by atoms with E-state index in [1.54, 1.807) is 6.92 Å². The molecule has 7 heteroatoms. The lowest BCUT2D eigenvalue weighted by Crippen LogP contribution is -2.08. The van der Waals surface area contributed by atoms with Gasteiger partial charge < -0.3 is 10.3 Å². The number of halogens is 4. The highest BCUT2D eigenvalue weighted by Crippen LogP contribution is 2.35. The number of hydrogen-bond acceptors (Lipinski definition) is 3. The molecule has 1 aromatic carbocycles. The van der Waals surface area contributed by atoms with Crippen molar-refractivity contribution in [1.29, 1.82) is 0 Å². The van der Waals surface area contributed by atoms with E-state index >= 15 is 0 Å². The van der Waals surface area contributed by atoms with Gasteiger partial charge in [0.25, 0.3) is 0 Å². The smallest absolute Gasteiger partial charge is 0.367 e. The van der Waals surface area contributed by atoms with Crippen LogP contribution < -0.4 is 5.73 Å². The zero-order valence-corrected chi connectivity index (χ0v) is 9.88. The molecular formula is C12H10F4N2O. The third-order valence-corrected chi connectivity index (χ3v) is 2.72. The number of rotatable bonds is 2. The van der Waals surface area contributed by atoms with Gasteiger partial charge in [0.15, 0.2) is 0 Å². The minimum Gasteiger partial charge on any atom is -0.367 e. The molecule has 0 aliphatic carbocycles. The molecule has 19 heavy (non-hydrogen) atoms. The lowest BCUT2D eigenvalue weighted by molar-refractivity contribution is -0.139. The second-order valence-electron chi connectivity index (χ2n) is 3.92. The zero-order valence-electron chi connectivity index (χ0n) is 9.88. The molecule has 2 rings (SSSR count). The molecule has 102 valence electrons. The average molecular weight is 274 g/mol. The second kappa shape index (κ2) is 4.56. The number of nitrogen functional groups attached to an aromatic ring is 1. The number of nitrogens with zero attached hydrogens (tertiary/aromatic N) is 1. The molecule has 0 unspecified atom stereocenters. The molecule has 0 spiro atoms. The van der Waals surface area contributed by atoms with Gasteiger partial charge in [0.2, 0.25) is 5.88 Å². The molecule has 0 aliphatic rings. The quantitative estimate of drug-likeness (QED) is 0.850. The van der Waals surface area contributed by atoms with Crippen LogP contribution in [0.25, 0.3) is 11.3 Å². The molecule has 1 aromatic heterocycles. The first-order chi connectivity index (χ1) is 8.84. The molecule has 0 aliphatic heterocycles. The Hall–Kier alpha value is -2.05. The first-order valence-corrected chi connectivity index (χ1v) is 5.45. The summed E-state index contributed by atoms with van der Waals surface area (Å²) in [6.07, 6.45) is -4.31. The third-order valence-electron chi connectivity index (χ3n) is 2.72. The summed E-state index contributed by atoms with van der Waals surface area (Å²) in [6.45, 7) is 1.76. The van der Waals surface area contributed by atoms with E-state index in [2.05, 4.69) is 5.16 Å². The van der Waals surface area contributed by atoms with Crippen LogP contribution in [-0.2, 0) is 12.6 Å². The van der Waals surface area contributed by atoms with Crippen molar-refractivity contribution in [3.63, 3.8) is 0 Å². The number of anilines is 1. The van der Waals surface area contributed by atoms with Gasteiger partial charge in [-0.15, -0.1) is 0 Å². The van der Waals surface area contributed by atoms with Gasteiger partial charge in [0.05, 0.1) is 5.56 Å². The van der Waals surface area contributed by atoms with Gasteiger partial charge in [-0.05, 0) is 24.6 Å². The number of aromatic nitrogens is 1. The Morgan fingerprint density at radius 1 is 1.32 bits per heavy atom. The normalized spacial score (nSPS) is 11.8. The molecule has 1 heterocycles. The summed E-state index contributed by atoms with van der Waals surface area (Å²) in [5.74, 6) is -1.28. The topological polar surface area (TPSA) is 52.0 Å². The Kier molecular flexibility index (Phi) is 3.21. The predicted octanol–water partition coefficient (Wildman–Crippen LogP) is 3.64. The molecule has 0 saturated heterocycles. The molecule has 2 N–H and O–H groups in total. The van der Waals surface area contributed by atoms with Crippen LogP contribution in [0.5, 0.6) is 0 Å². The maximum absolute atomic E-state index is 13.2. The van der Waals surface area contributed by atoms with Crippen molar-refractivity contribution in [2.75, 3.05) is 5.73 Å². The zero-order chi connectivity index (χ0) is 14.2. The Bertz CT molecular complexity index is 604. The van der Waals surface area contributed by atoms with Crippen LogP contribution in [0.4, 0.5) is 23.4 Å². The highest BCUT2D eigenvalue weighted by Gasteiger charge is 2.34. The standard InChI is InChI=1S/C12H10F4N2O/c1-2-7-10(18-19-11(7)17)6-3-4-9(13)8(5-6)12(14,15)16/h3-5H,2,17H2,1H3. The highest BCUT2D eigenvalue weighted by molar-refractivity contribution is 5.67. The number of benzene rings is 1. The first-order valence-electron chi connectivity index (χ1n) is 5.45. The minimum atomic E-state index is -4.76. The summed E-state index contributed by atoms with van der Waals surface area (Å²) in [6, 6.07) is 2.66. The second-order valence-corrected chi connectivity index (χ2v) is 3.92. The fraction of sp³-hybridized carbons (Fsp3) is 0.250. The van der Waals surface area contributed by atoms with E-state index < -0.39 is 17.6 Å². The molecular weight excluding hydrogens is 264 g/mol. The predicted molar refractivity (Wildman–Crippen MR) is 60.7 cm³/mol. The monoisotopic (exact) mass is 274 g/mol. The van der Waals surface area contributed by atoms with E-state index in [4.69, 9.17) is 10.3 Å². The highest BCUT2D eigenvalue weighted by atomic mass is 19.4. The van der Waals surface area contributed by atoms with E-state index in [9.17, 15) is 17.6 Å². The van der Waals surface area contributed by atoms with Crippen molar-refractivity contribution in [1.82, 2.24) is 5.16 Å². The molecule has 2 aromatic rings. The Labute approximate surface area is 106 Å². The van der Waals surface area contributed by atoms with Crippen molar-refractivity contribution in [3.05, 3.63) is 35.1 Å². The van der Waals surface area contributed by atoms with E-state index in [1.807, 2.05) is 0 Å². The lowest BCUT2D eigenvalue weighted by Gasteiger charge is -2.09. The van der Waals surface area contributed by atoms with Crippen LogP contribution in [0.15, 0.2) is 22.7 Å². The molecule has 0 atom stereocenters. The van der Waals surface area contributed by atoms with E-state index in [-0.39, 0.29) is 17.1 Å². The minimum absolute atomic E-state index is 0.0513. The van der Waals surface area contributed by atoms with Gasteiger partial charge in [0.1, 0.15) is 11.5 Å². The molecule has 0 saturated carbocycles. The Balaban J connectivity index is 2.58. The van der Waals surface area contributed by atoms with E-state index in [1.165, 1.54) is 6.07 Å². The van der Waals surface area contributed by atoms with Crippen molar-refractivity contribution in [2.45, 2.75) is 19.5 Å². The number of alkyl halides is 3. The van der Waals surface area contributed by atoms with Gasteiger partial charge >= 0.3 is 6.18 Å².